The van der Waals surface area contributed by atoms with E-state index >= 15 is 0 Å². The van der Waals surface area contributed by atoms with Crippen LogP contribution in [0.25, 0.3) is 5.78 Å². The summed E-state index contributed by atoms with van der Waals surface area (Å²) in [4.78, 5) is 21.4. The molecule has 0 unspecified atom stereocenters. The molecule has 0 aromatic carbocycles. The molecule has 6 nitrogen and oxygen atoms in total. The number of aromatic nitrogens is 4. The summed E-state index contributed by atoms with van der Waals surface area (Å²) >= 11 is 0. The van der Waals surface area contributed by atoms with Gasteiger partial charge in [-0.05, 0) is 52.7 Å². The van der Waals surface area contributed by atoms with Crippen molar-refractivity contribution in [2.24, 2.45) is 0 Å². The minimum atomic E-state index is -0.294. The van der Waals surface area contributed by atoms with Crippen molar-refractivity contribution in [1.82, 2.24) is 18.9 Å². The number of fused-ring (bicyclic) bond motifs is 1. The topological polar surface area (TPSA) is 61.4 Å². The highest BCUT2D eigenvalue weighted by Gasteiger charge is 2.28. The van der Waals surface area contributed by atoms with Gasteiger partial charge < -0.3 is 9.30 Å². The lowest BCUT2D eigenvalue weighted by molar-refractivity contribution is 0.0467. The van der Waals surface area contributed by atoms with Crippen LogP contribution in [0.2, 0.25) is 0 Å². The number of carbonyl (C=O) groups is 1. The molecule has 25 heavy (non-hydrogen) atoms. The van der Waals surface area contributed by atoms with E-state index in [2.05, 4.69) is 14.5 Å². The van der Waals surface area contributed by atoms with Gasteiger partial charge in [0.25, 0.3) is 0 Å². The lowest BCUT2D eigenvalue weighted by Crippen LogP contribution is -2.07. The van der Waals surface area contributed by atoms with Gasteiger partial charge in [-0.3, -0.25) is 4.40 Å². The molecule has 0 saturated heterocycles. The molecule has 0 spiro atoms. The average Bonchev–Trinajstić information content (AvgIpc) is 3.21. The highest BCUT2D eigenvalue weighted by molar-refractivity contribution is 5.91. The van der Waals surface area contributed by atoms with Crippen molar-refractivity contribution >= 4 is 11.7 Å². The van der Waals surface area contributed by atoms with Crippen LogP contribution in [-0.4, -0.2) is 24.9 Å². The quantitative estimate of drug-likeness (QED) is 0.684. The zero-order valence-corrected chi connectivity index (χ0v) is 15.0. The number of nitrogens with zero attached hydrogens (tertiary/aromatic N) is 4. The summed E-state index contributed by atoms with van der Waals surface area (Å²) in [5.41, 5.74) is 5.44. The number of carbonyl (C=O) groups excluding carboxylic acids is 1. The second-order valence-corrected chi connectivity index (χ2v) is 6.90. The molecule has 6 heteroatoms. The Morgan fingerprint density at radius 3 is 2.64 bits per heavy atom. The molecule has 0 amide bonds. The second-order valence-electron chi connectivity index (χ2n) is 6.90. The molecule has 4 rings (SSSR count). The maximum atomic E-state index is 12.5. The van der Waals surface area contributed by atoms with Gasteiger partial charge in [-0.25, -0.2) is 14.8 Å². The minimum absolute atomic E-state index is 0.147. The molecule has 1 saturated carbocycles. The molecule has 3 aromatic rings. The molecule has 1 aliphatic rings. The predicted octanol–water partition coefficient (Wildman–Crippen LogP) is 3.46. The Labute approximate surface area is 146 Å². The first-order valence-electron chi connectivity index (χ1n) is 8.62. The molecule has 0 N–H and O–H groups in total. The van der Waals surface area contributed by atoms with Crippen molar-refractivity contribution in [3.8, 4) is 0 Å². The maximum Gasteiger partial charge on any atom is 0.340 e. The lowest BCUT2D eigenvalue weighted by atomic mass is 10.2. The van der Waals surface area contributed by atoms with Crippen LogP contribution in [0.15, 0.2) is 18.3 Å². The predicted molar refractivity (Wildman–Crippen MR) is 93.8 cm³/mol. The molecular formula is C19H22N4O2. The Bertz CT molecular complexity index is 979. The van der Waals surface area contributed by atoms with E-state index in [1.807, 2.05) is 50.4 Å². The van der Waals surface area contributed by atoms with Crippen LogP contribution in [0.5, 0.6) is 0 Å². The van der Waals surface area contributed by atoms with Crippen LogP contribution < -0.4 is 0 Å². The van der Waals surface area contributed by atoms with Crippen molar-refractivity contribution in [1.29, 1.82) is 0 Å². The van der Waals surface area contributed by atoms with Crippen LogP contribution in [0.1, 0.15) is 57.7 Å². The van der Waals surface area contributed by atoms with E-state index in [9.17, 15) is 4.79 Å². The monoisotopic (exact) mass is 338 g/mol. The third kappa shape index (κ3) is 2.81. The Morgan fingerprint density at radius 2 is 1.92 bits per heavy atom. The number of esters is 1. The van der Waals surface area contributed by atoms with Gasteiger partial charge in [0.1, 0.15) is 6.61 Å². The fourth-order valence-electron chi connectivity index (χ4n) is 3.48. The number of hydrogen-bond acceptors (Lipinski definition) is 4. The summed E-state index contributed by atoms with van der Waals surface area (Å²) in [5.74, 6) is 0.341. The summed E-state index contributed by atoms with van der Waals surface area (Å²) in [6.07, 6.45) is 4.26. The van der Waals surface area contributed by atoms with Crippen molar-refractivity contribution < 1.29 is 9.53 Å². The van der Waals surface area contributed by atoms with Gasteiger partial charge in [0.2, 0.25) is 5.78 Å². The van der Waals surface area contributed by atoms with Gasteiger partial charge in [-0.2, -0.15) is 0 Å². The normalized spacial score (nSPS) is 14.2. The van der Waals surface area contributed by atoms with Gasteiger partial charge >= 0.3 is 5.97 Å². The lowest BCUT2D eigenvalue weighted by Gasteiger charge is -2.07. The van der Waals surface area contributed by atoms with E-state index in [1.165, 1.54) is 12.8 Å². The van der Waals surface area contributed by atoms with Gasteiger partial charge in [-0.15, -0.1) is 0 Å². The van der Waals surface area contributed by atoms with Gasteiger partial charge in [-0.1, -0.05) is 0 Å². The largest absolute Gasteiger partial charge is 0.455 e. The number of aryl methyl sites for hydroxylation is 3. The molecule has 1 aliphatic carbocycles. The first kappa shape index (κ1) is 15.9. The van der Waals surface area contributed by atoms with Crippen LogP contribution in [0.4, 0.5) is 0 Å². The molecule has 0 radical (unpaired) electrons. The minimum Gasteiger partial charge on any atom is -0.455 e. The number of hydrogen-bond donors (Lipinski definition) is 0. The molecule has 0 bridgehead atoms. The summed E-state index contributed by atoms with van der Waals surface area (Å²) in [5, 5.41) is 0. The van der Waals surface area contributed by atoms with Gasteiger partial charge in [0, 0.05) is 35.0 Å². The van der Waals surface area contributed by atoms with Crippen molar-refractivity contribution in [3.63, 3.8) is 0 Å². The van der Waals surface area contributed by atoms with Gasteiger partial charge in [0.05, 0.1) is 11.3 Å². The Morgan fingerprint density at radius 1 is 1.16 bits per heavy atom. The molecule has 3 aromatic heterocycles. The van der Waals surface area contributed by atoms with Crippen molar-refractivity contribution in [2.45, 2.75) is 53.2 Å². The summed E-state index contributed by atoms with van der Waals surface area (Å²) in [6.45, 7) is 8.13. The summed E-state index contributed by atoms with van der Waals surface area (Å²) < 4.78 is 9.67. The maximum absolute atomic E-state index is 12.5. The smallest absolute Gasteiger partial charge is 0.340 e. The average molecular weight is 338 g/mol. The Hall–Kier alpha value is -2.63. The van der Waals surface area contributed by atoms with E-state index in [0.717, 1.165) is 22.8 Å². The van der Waals surface area contributed by atoms with Crippen molar-refractivity contribution in [3.05, 3.63) is 52.4 Å². The molecule has 0 aliphatic heterocycles. The third-order valence-corrected chi connectivity index (χ3v) is 4.78. The SMILES string of the molecule is Cc1cc(C)n2cc(COC(=O)c3cc(C)n(C4CC4)c3C)nc2n1. The van der Waals surface area contributed by atoms with Crippen LogP contribution in [0.3, 0.4) is 0 Å². The first-order valence-corrected chi connectivity index (χ1v) is 8.62. The Balaban J connectivity index is 1.52. The first-order chi connectivity index (χ1) is 11.9. The van der Waals surface area contributed by atoms with E-state index < -0.39 is 0 Å². The summed E-state index contributed by atoms with van der Waals surface area (Å²) in [7, 11) is 0. The Kier molecular flexibility index (Phi) is 3.63. The molecule has 3 heterocycles. The zero-order valence-electron chi connectivity index (χ0n) is 15.0. The van der Waals surface area contributed by atoms with Crippen LogP contribution in [-0.2, 0) is 11.3 Å². The molecule has 0 atom stereocenters. The standard InChI is InChI=1S/C19H22N4O2/c1-11-7-12(2)22-9-15(21-19(22)20-11)10-25-18(24)17-8-13(3)23(14(17)4)16-5-6-16/h7-9,16H,5-6,10H2,1-4H3. The van der Waals surface area contributed by atoms with E-state index in [1.54, 1.807) is 0 Å². The summed E-state index contributed by atoms with van der Waals surface area (Å²) in [6, 6.07) is 4.48. The fraction of sp³-hybridized carbons (Fsp3) is 0.421. The van der Waals surface area contributed by atoms with Crippen LogP contribution in [0, 0.1) is 27.7 Å². The highest BCUT2D eigenvalue weighted by atomic mass is 16.5. The third-order valence-electron chi connectivity index (χ3n) is 4.78. The fourth-order valence-corrected chi connectivity index (χ4v) is 3.48. The molecule has 130 valence electrons. The highest BCUT2D eigenvalue weighted by Crippen LogP contribution is 2.38. The zero-order chi connectivity index (χ0) is 17.7. The van der Waals surface area contributed by atoms with E-state index in [0.29, 0.717) is 23.1 Å². The number of ether oxygens (including phenoxy) is 1. The van der Waals surface area contributed by atoms with Crippen LogP contribution >= 0.6 is 0 Å². The van der Waals surface area contributed by atoms with E-state index in [4.69, 9.17) is 4.74 Å². The number of rotatable bonds is 4. The number of imidazole rings is 1. The van der Waals surface area contributed by atoms with Gasteiger partial charge in [0.15, 0.2) is 0 Å². The van der Waals surface area contributed by atoms with Crippen molar-refractivity contribution in [2.75, 3.05) is 0 Å². The second kappa shape index (κ2) is 5.72. The molecular weight excluding hydrogens is 316 g/mol. The van der Waals surface area contributed by atoms with E-state index in [-0.39, 0.29) is 12.6 Å². The molecule has 1 fully saturated rings.